The first-order valence-electron chi connectivity index (χ1n) is 9.73. The second kappa shape index (κ2) is 10.4. The number of anilines is 1. The fourth-order valence-corrected chi connectivity index (χ4v) is 3.04. The smallest absolute Gasteiger partial charge is 0.224 e. The standard InChI is InChI=1S/C24H24FNO5/c1-17(28)26(16-18-14-21(29-2)9-11-23(18)30-13-12-27)22-15-19(25)8-10-24(22)31-20-6-4-3-5-7-20/h3-11,14-15,27H,12-13,16H2,1-2H3. The summed E-state index contributed by atoms with van der Waals surface area (Å²) in [5, 5.41) is 9.10. The van der Waals surface area contributed by atoms with Crippen LogP contribution in [0.2, 0.25) is 0 Å². The van der Waals surface area contributed by atoms with Gasteiger partial charge in [-0.15, -0.1) is 0 Å². The van der Waals surface area contributed by atoms with Crippen LogP contribution in [0.25, 0.3) is 0 Å². The molecule has 0 bridgehead atoms. The minimum Gasteiger partial charge on any atom is -0.497 e. The summed E-state index contributed by atoms with van der Waals surface area (Å²) in [6.45, 7) is 1.43. The highest BCUT2D eigenvalue weighted by molar-refractivity contribution is 5.93. The summed E-state index contributed by atoms with van der Waals surface area (Å²) in [6.07, 6.45) is 0. The molecule has 0 unspecified atom stereocenters. The van der Waals surface area contributed by atoms with E-state index in [1.165, 1.54) is 37.1 Å². The van der Waals surface area contributed by atoms with E-state index in [0.717, 1.165) is 0 Å². The van der Waals surface area contributed by atoms with Crippen LogP contribution in [0.5, 0.6) is 23.0 Å². The molecule has 0 aliphatic heterocycles. The van der Waals surface area contributed by atoms with Crippen LogP contribution in [0.4, 0.5) is 10.1 Å². The highest BCUT2D eigenvalue weighted by atomic mass is 19.1. The summed E-state index contributed by atoms with van der Waals surface area (Å²) in [5.41, 5.74) is 0.921. The monoisotopic (exact) mass is 425 g/mol. The molecule has 0 saturated carbocycles. The number of halogens is 1. The van der Waals surface area contributed by atoms with Crippen LogP contribution in [0.15, 0.2) is 66.7 Å². The number of aliphatic hydroxyl groups is 1. The molecule has 31 heavy (non-hydrogen) atoms. The normalized spacial score (nSPS) is 10.5. The van der Waals surface area contributed by atoms with E-state index < -0.39 is 5.82 Å². The van der Waals surface area contributed by atoms with Gasteiger partial charge in [0.05, 0.1) is 25.9 Å². The SMILES string of the molecule is COc1ccc(OCCO)c(CN(C(C)=O)c2cc(F)ccc2Oc2ccccc2)c1. The van der Waals surface area contributed by atoms with Gasteiger partial charge in [0.1, 0.15) is 29.7 Å². The Morgan fingerprint density at radius 2 is 1.74 bits per heavy atom. The second-order valence-electron chi connectivity index (χ2n) is 6.68. The predicted octanol–water partition coefficient (Wildman–Crippen LogP) is 4.55. The van der Waals surface area contributed by atoms with Crippen LogP contribution in [0, 0.1) is 5.82 Å². The lowest BCUT2D eigenvalue weighted by Crippen LogP contribution is -2.28. The van der Waals surface area contributed by atoms with Crippen molar-refractivity contribution in [1.29, 1.82) is 0 Å². The average Bonchev–Trinajstić information content (AvgIpc) is 2.78. The first-order valence-corrected chi connectivity index (χ1v) is 9.73. The molecule has 3 aromatic carbocycles. The zero-order valence-corrected chi connectivity index (χ0v) is 17.4. The fourth-order valence-electron chi connectivity index (χ4n) is 3.04. The minimum absolute atomic E-state index is 0.0852. The molecule has 3 rings (SSSR count). The third-order valence-corrected chi connectivity index (χ3v) is 4.51. The van der Waals surface area contributed by atoms with Gasteiger partial charge < -0.3 is 24.2 Å². The van der Waals surface area contributed by atoms with E-state index in [-0.39, 0.29) is 31.4 Å². The van der Waals surface area contributed by atoms with Gasteiger partial charge in [-0.2, -0.15) is 0 Å². The molecule has 6 nitrogen and oxygen atoms in total. The first-order chi connectivity index (χ1) is 15.0. The van der Waals surface area contributed by atoms with E-state index in [4.69, 9.17) is 19.3 Å². The number of carbonyl (C=O) groups is 1. The van der Waals surface area contributed by atoms with Crippen LogP contribution >= 0.6 is 0 Å². The van der Waals surface area contributed by atoms with Crippen LogP contribution in [0.1, 0.15) is 12.5 Å². The summed E-state index contributed by atoms with van der Waals surface area (Å²) < 4.78 is 31.0. The quantitative estimate of drug-likeness (QED) is 0.545. The number of ether oxygens (including phenoxy) is 3. The molecule has 0 aliphatic rings. The number of benzene rings is 3. The molecule has 0 aliphatic carbocycles. The number of methoxy groups -OCH3 is 1. The topological polar surface area (TPSA) is 68.2 Å². The van der Waals surface area contributed by atoms with E-state index in [9.17, 15) is 9.18 Å². The number of nitrogens with zero attached hydrogens (tertiary/aromatic N) is 1. The van der Waals surface area contributed by atoms with Crippen molar-refractivity contribution in [3.05, 3.63) is 78.1 Å². The Bertz CT molecular complexity index is 1030. The molecule has 3 aromatic rings. The maximum Gasteiger partial charge on any atom is 0.224 e. The highest BCUT2D eigenvalue weighted by Crippen LogP contribution is 2.35. The van der Waals surface area contributed by atoms with Gasteiger partial charge in [0.15, 0.2) is 5.75 Å². The first kappa shape index (κ1) is 22.1. The molecule has 0 atom stereocenters. The van der Waals surface area contributed by atoms with Crippen molar-refractivity contribution in [1.82, 2.24) is 0 Å². The Balaban J connectivity index is 2.00. The summed E-state index contributed by atoms with van der Waals surface area (Å²) in [6, 6.07) is 18.2. The summed E-state index contributed by atoms with van der Waals surface area (Å²) in [5.74, 6) is 1.16. The van der Waals surface area contributed by atoms with Gasteiger partial charge in [-0.05, 0) is 42.5 Å². The van der Waals surface area contributed by atoms with E-state index in [0.29, 0.717) is 28.6 Å². The Morgan fingerprint density at radius 3 is 2.42 bits per heavy atom. The van der Waals surface area contributed by atoms with Crippen molar-refractivity contribution < 1.29 is 28.5 Å². The third kappa shape index (κ3) is 5.73. The number of rotatable bonds is 9. The van der Waals surface area contributed by atoms with E-state index in [2.05, 4.69) is 0 Å². The number of para-hydroxylation sites is 1. The Kier molecular flexibility index (Phi) is 7.45. The molecule has 0 fully saturated rings. The van der Waals surface area contributed by atoms with Crippen molar-refractivity contribution in [3.63, 3.8) is 0 Å². The minimum atomic E-state index is -0.496. The van der Waals surface area contributed by atoms with Gasteiger partial charge in [0.2, 0.25) is 5.91 Å². The molecular formula is C24H24FNO5. The third-order valence-electron chi connectivity index (χ3n) is 4.51. The van der Waals surface area contributed by atoms with Crippen molar-refractivity contribution in [2.24, 2.45) is 0 Å². The number of aliphatic hydroxyl groups excluding tert-OH is 1. The van der Waals surface area contributed by atoms with E-state index >= 15 is 0 Å². The Morgan fingerprint density at radius 1 is 1.00 bits per heavy atom. The van der Waals surface area contributed by atoms with Gasteiger partial charge in [-0.3, -0.25) is 4.79 Å². The Hall–Kier alpha value is -3.58. The summed E-state index contributed by atoms with van der Waals surface area (Å²) in [7, 11) is 1.54. The molecule has 7 heteroatoms. The lowest BCUT2D eigenvalue weighted by Gasteiger charge is -2.25. The molecule has 0 spiro atoms. The van der Waals surface area contributed by atoms with Crippen LogP contribution in [-0.4, -0.2) is 31.3 Å². The van der Waals surface area contributed by atoms with Crippen molar-refractivity contribution in [3.8, 4) is 23.0 Å². The Labute approximate surface area is 180 Å². The van der Waals surface area contributed by atoms with Gasteiger partial charge in [0, 0.05) is 18.6 Å². The molecule has 0 radical (unpaired) electrons. The molecule has 0 saturated heterocycles. The van der Waals surface area contributed by atoms with E-state index in [1.807, 2.05) is 18.2 Å². The average molecular weight is 425 g/mol. The van der Waals surface area contributed by atoms with Crippen molar-refractivity contribution in [2.45, 2.75) is 13.5 Å². The maximum absolute atomic E-state index is 14.1. The van der Waals surface area contributed by atoms with Gasteiger partial charge >= 0.3 is 0 Å². The van der Waals surface area contributed by atoms with Crippen molar-refractivity contribution >= 4 is 11.6 Å². The largest absolute Gasteiger partial charge is 0.497 e. The predicted molar refractivity (Wildman–Crippen MR) is 115 cm³/mol. The fraction of sp³-hybridized carbons (Fsp3) is 0.208. The zero-order valence-electron chi connectivity index (χ0n) is 17.4. The van der Waals surface area contributed by atoms with Gasteiger partial charge in [-0.25, -0.2) is 4.39 Å². The lowest BCUT2D eigenvalue weighted by atomic mass is 10.1. The number of hydrogen-bond acceptors (Lipinski definition) is 5. The molecule has 162 valence electrons. The number of carbonyl (C=O) groups excluding carboxylic acids is 1. The van der Waals surface area contributed by atoms with Gasteiger partial charge in [-0.1, -0.05) is 18.2 Å². The van der Waals surface area contributed by atoms with Crippen LogP contribution in [0.3, 0.4) is 0 Å². The lowest BCUT2D eigenvalue weighted by molar-refractivity contribution is -0.116. The maximum atomic E-state index is 14.1. The second-order valence-corrected chi connectivity index (χ2v) is 6.68. The van der Waals surface area contributed by atoms with Crippen molar-refractivity contribution in [2.75, 3.05) is 25.2 Å². The van der Waals surface area contributed by atoms with Gasteiger partial charge in [0.25, 0.3) is 0 Å². The van der Waals surface area contributed by atoms with E-state index in [1.54, 1.807) is 30.3 Å². The molecule has 1 amide bonds. The summed E-state index contributed by atoms with van der Waals surface area (Å²) >= 11 is 0. The highest BCUT2D eigenvalue weighted by Gasteiger charge is 2.21. The van der Waals surface area contributed by atoms with Crippen LogP contribution in [-0.2, 0) is 11.3 Å². The van der Waals surface area contributed by atoms with Crippen LogP contribution < -0.4 is 19.1 Å². The summed E-state index contributed by atoms with van der Waals surface area (Å²) in [4.78, 5) is 14.0. The number of hydrogen-bond donors (Lipinski definition) is 1. The molecule has 0 heterocycles. The molecular weight excluding hydrogens is 401 g/mol. The number of amides is 1. The zero-order chi connectivity index (χ0) is 22.2. The molecule has 1 N–H and O–H groups in total. The molecule has 0 aromatic heterocycles.